The number of hydrogen-bond acceptors (Lipinski definition) is 5. The SMILES string of the molecule is COc1ccc(C(=O)N(C2CC(=O)N(c3ccc(Cl)cc3)C2=O)C(C)(C)C)cc1OC. The molecule has 1 unspecified atom stereocenters. The second-order valence-corrected chi connectivity index (χ2v) is 8.62. The quantitative estimate of drug-likeness (QED) is 0.653. The lowest BCUT2D eigenvalue weighted by Crippen LogP contribution is -2.54. The van der Waals surface area contributed by atoms with E-state index in [0.29, 0.717) is 27.8 Å². The summed E-state index contributed by atoms with van der Waals surface area (Å²) in [6.07, 6.45) is -0.0994. The Morgan fingerprint density at radius 3 is 2.19 bits per heavy atom. The van der Waals surface area contributed by atoms with Gasteiger partial charge in [0, 0.05) is 16.1 Å². The van der Waals surface area contributed by atoms with Crippen LogP contribution in [-0.4, -0.2) is 48.4 Å². The largest absolute Gasteiger partial charge is 0.493 e. The van der Waals surface area contributed by atoms with Gasteiger partial charge >= 0.3 is 0 Å². The van der Waals surface area contributed by atoms with Crippen LogP contribution >= 0.6 is 11.6 Å². The Morgan fingerprint density at radius 1 is 1.03 bits per heavy atom. The number of ether oxygens (including phenoxy) is 2. The van der Waals surface area contributed by atoms with Crippen LogP contribution in [0, 0.1) is 0 Å². The molecule has 31 heavy (non-hydrogen) atoms. The van der Waals surface area contributed by atoms with Gasteiger partial charge in [-0.2, -0.15) is 0 Å². The topological polar surface area (TPSA) is 76.2 Å². The molecule has 0 aliphatic carbocycles. The monoisotopic (exact) mass is 444 g/mol. The highest BCUT2D eigenvalue weighted by atomic mass is 35.5. The first-order chi connectivity index (χ1) is 14.6. The Bertz CT molecular complexity index is 1010. The molecule has 3 rings (SSSR count). The first-order valence-electron chi connectivity index (χ1n) is 9.76. The summed E-state index contributed by atoms with van der Waals surface area (Å²) in [5, 5.41) is 0.499. The zero-order valence-corrected chi connectivity index (χ0v) is 18.9. The maximum atomic E-state index is 13.5. The smallest absolute Gasteiger partial charge is 0.257 e. The number of hydrogen-bond donors (Lipinski definition) is 0. The molecule has 3 amide bonds. The molecule has 1 heterocycles. The molecular formula is C23H25ClN2O5. The number of anilines is 1. The van der Waals surface area contributed by atoms with Gasteiger partial charge in [0.1, 0.15) is 6.04 Å². The van der Waals surface area contributed by atoms with Gasteiger partial charge in [-0.1, -0.05) is 11.6 Å². The average Bonchev–Trinajstić information content (AvgIpc) is 3.00. The number of methoxy groups -OCH3 is 2. The lowest BCUT2D eigenvalue weighted by atomic mass is 9.99. The first kappa shape index (κ1) is 22.6. The molecule has 0 saturated carbocycles. The number of halogens is 1. The summed E-state index contributed by atoms with van der Waals surface area (Å²) in [6, 6.07) is 10.3. The summed E-state index contributed by atoms with van der Waals surface area (Å²) in [5.74, 6) is -0.304. The van der Waals surface area contributed by atoms with E-state index in [2.05, 4.69) is 0 Å². The molecule has 2 aromatic carbocycles. The molecule has 8 heteroatoms. The molecule has 1 aliphatic heterocycles. The third kappa shape index (κ3) is 4.37. The van der Waals surface area contributed by atoms with Crippen LogP contribution in [-0.2, 0) is 9.59 Å². The predicted octanol–water partition coefficient (Wildman–Crippen LogP) is 3.93. The molecule has 1 fully saturated rings. The predicted molar refractivity (Wildman–Crippen MR) is 118 cm³/mol. The van der Waals surface area contributed by atoms with Crippen molar-refractivity contribution in [2.24, 2.45) is 0 Å². The maximum Gasteiger partial charge on any atom is 0.257 e. The molecule has 1 saturated heterocycles. The van der Waals surface area contributed by atoms with Crippen molar-refractivity contribution in [3.05, 3.63) is 53.1 Å². The molecule has 0 bridgehead atoms. The Kier molecular flexibility index (Phi) is 6.27. The van der Waals surface area contributed by atoms with Crippen molar-refractivity contribution in [3.63, 3.8) is 0 Å². The van der Waals surface area contributed by atoms with Crippen molar-refractivity contribution in [1.82, 2.24) is 4.90 Å². The van der Waals surface area contributed by atoms with E-state index in [4.69, 9.17) is 21.1 Å². The molecule has 0 aromatic heterocycles. The Labute approximate surface area is 186 Å². The van der Waals surface area contributed by atoms with E-state index < -0.39 is 17.5 Å². The summed E-state index contributed by atoms with van der Waals surface area (Å²) in [7, 11) is 2.99. The number of nitrogens with zero attached hydrogens (tertiary/aromatic N) is 2. The highest BCUT2D eigenvalue weighted by molar-refractivity contribution is 6.31. The molecule has 0 radical (unpaired) electrons. The fourth-order valence-electron chi connectivity index (χ4n) is 3.70. The lowest BCUT2D eigenvalue weighted by molar-refractivity contribution is -0.123. The van der Waals surface area contributed by atoms with Gasteiger partial charge in [0.15, 0.2) is 11.5 Å². The fourth-order valence-corrected chi connectivity index (χ4v) is 3.83. The lowest BCUT2D eigenvalue weighted by Gasteiger charge is -2.39. The van der Waals surface area contributed by atoms with Crippen LogP contribution < -0.4 is 14.4 Å². The highest BCUT2D eigenvalue weighted by Gasteiger charge is 2.47. The molecule has 0 N–H and O–H groups in total. The van der Waals surface area contributed by atoms with Crippen LogP contribution in [0.25, 0.3) is 0 Å². The normalized spacial score (nSPS) is 16.5. The van der Waals surface area contributed by atoms with Crippen molar-refractivity contribution in [1.29, 1.82) is 0 Å². The van der Waals surface area contributed by atoms with Crippen molar-refractivity contribution >= 4 is 35.0 Å². The van der Waals surface area contributed by atoms with E-state index in [1.165, 1.54) is 19.1 Å². The van der Waals surface area contributed by atoms with Gasteiger partial charge in [-0.05, 0) is 63.2 Å². The number of rotatable bonds is 5. The number of imide groups is 1. The fraction of sp³-hybridized carbons (Fsp3) is 0.348. The van der Waals surface area contributed by atoms with Gasteiger partial charge in [-0.25, -0.2) is 4.90 Å². The Balaban J connectivity index is 1.98. The average molecular weight is 445 g/mol. The molecular weight excluding hydrogens is 420 g/mol. The second kappa shape index (κ2) is 8.59. The van der Waals surface area contributed by atoms with Crippen LogP contribution in [0.3, 0.4) is 0 Å². The summed E-state index contributed by atoms with van der Waals surface area (Å²) in [6.45, 7) is 5.48. The standard InChI is InChI=1S/C23H25ClN2O5/c1-23(2,3)26(21(28)14-6-11-18(30-4)19(12-14)31-5)17-13-20(27)25(22(17)29)16-9-7-15(24)8-10-16/h6-12,17H,13H2,1-5H3. The van der Waals surface area contributed by atoms with Gasteiger partial charge in [-0.15, -0.1) is 0 Å². The number of carbonyl (C=O) groups excluding carboxylic acids is 3. The van der Waals surface area contributed by atoms with E-state index in [-0.39, 0.29) is 18.2 Å². The third-order valence-electron chi connectivity index (χ3n) is 5.09. The van der Waals surface area contributed by atoms with Crippen LogP contribution in [0.2, 0.25) is 5.02 Å². The Morgan fingerprint density at radius 2 is 1.65 bits per heavy atom. The van der Waals surface area contributed by atoms with Crippen LogP contribution in [0.15, 0.2) is 42.5 Å². The number of benzene rings is 2. The summed E-state index contributed by atoms with van der Waals surface area (Å²) in [5.41, 5.74) is 0.0352. The molecule has 7 nitrogen and oxygen atoms in total. The van der Waals surface area contributed by atoms with Crippen molar-refractivity contribution < 1.29 is 23.9 Å². The van der Waals surface area contributed by atoms with E-state index in [0.717, 1.165) is 4.90 Å². The third-order valence-corrected chi connectivity index (χ3v) is 5.34. The minimum absolute atomic E-state index is 0.0994. The molecule has 2 aromatic rings. The van der Waals surface area contributed by atoms with E-state index in [1.54, 1.807) is 42.5 Å². The van der Waals surface area contributed by atoms with Crippen molar-refractivity contribution in [3.8, 4) is 11.5 Å². The maximum absolute atomic E-state index is 13.5. The number of carbonyl (C=O) groups is 3. The van der Waals surface area contributed by atoms with E-state index in [9.17, 15) is 14.4 Å². The molecule has 164 valence electrons. The molecule has 1 aliphatic rings. The minimum Gasteiger partial charge on any atom is -0.493 e. The second-order valence-electron chi connectivity index (χ2n) is 8.18. The zero-order chi connectivity index (χ0) is 22.9. The zero-order valence-electron chi connectivity index (χ0n) is 18.1. The van der Waals surface area contributed by atoms with E-state index >= 15 is 0 Å². The van der Waals surface area contributed by atoms with Gasteiger partial charge in [0.05, 0.1) is 26.3 Å². The molecule has 0 spiro atoms. The highest BCUT2D eigenvalue weighted by Crippen LogP contribution is 2.33. The van der Waals surface area contributed by atoms with Crippen molar-refractivity contribution in [2.75, 3.05) is 19.1 Å². The van der Waals surface area contributed by atoms with Gasteiger partial charge < -0.3 is 14.4 Å². The van der Waals surface area contributed by atoms with Gasteiger partial charge in [0.25, 0.3) is 11.8 Å². The summed E-state index contributed by atoms with van der Waals surface area (Å²) >= 11 is 5.93. The van der Waals surface area contributed by atoms with Crippen molar-refractivity contribution in [2.45, 2.75) is 38.8 Å². The Hall–Kier alpha value is -3.06. The van der Waals surface area contributed by atoms with Gasteiger partial charge in [0.2, 0.25) is 5.91 Å². The summed E-state index contributed by atoms with van der Waals surface area (Å²) in [4.78, 5) is 42.1. The number of amides is 3. The minimum atomic E-state index is -0.927. The van der Waals surface area contributed by atoms with E-state index in [1.807, 2.05) is 20.8 Å². The molecule has 1 atom stereocenters. The summed E-state index contributed by atoms with van der Waals surface area (Å²) < 4.78 is 10.5. The van der Waals surface area contributed by atoms with Crippen LogP contribution in [0.1, 0.15) is 37.6 Å². The van der Waals surface area contributed by atoms with Crippen LogP contribution in [0.4, 0.5) is 5.69 Å². The van der Waals surface area contributed by atoms with Gasteiger partial charge in [-0.3, -0.25) is 14.4 Å². The first-order valence-corrected chi connectivity index (χ1v) is 10.1. The van der Waals surface area contributed by atoms with Crippen LogP contribution in [0.5, 0.6) is 11.5 Å².